The van der Waals surface area contributed by atoms with E-state index in [0.717, 1.165) is 6.07 Å². The molecular formula is C14H18ClFN2O3. The van der Waals surface area contributed by atoms with Crippen LogP contribution in [0.5, 0.6) is 0 Å². The summed E-state index contributed by atoms with van der Waals surface area (Å²) in [4.78, 5) is 23.3. The summed E-state index contributed by atoms with van der Waals surface area (Å²) >= 11 is 5.59. The van der Waals surface area contributed by atoms with E-state index in [1.165, 1.54) is 12.1 Å². The van der Waals surface area contributed by atoms with Gasteiger partial charge >= 0.3 is 11.8 Å². The normalized spacial score (nSPS) is 11.1. The summed E-state index contributed by atoms with van der Waals surface area (Å²) in [5.74, 6) is -2.55. The highest BCUT2D eigenvalue weighted by Gasteiger charge is 2.21. The fourth-order valence-electron chi connectivity index (χ4n) is 1.56. The van der Waals surface area contributed by atoms with Crippen LogP contribution in [0.15, 0.2) is 18.2 Å². The summed E-state index contributed by atoms with van der Waals surface area (Å²) in [6, 6.07) is 3.72. The number of rotatable bonds is 5. The van der Waals surface area contributed by atoms with Crippen molar-refractivity contribution in [3.8, 4) is 0 Å². The third-order valence-electron chi connectivity index (χ3n) is 2.90. The molecule has 0 atom stereocenters. The van der Waals surface area contributed by atoms with Crippen LogP contribution in [0.3, 0.4) is 0 Å². The van der Waals surface area contributed by atoms with Crippen LogP contribution in [-0.2, 0) is 9.59 Å². The average Bonchev–Trinajstić information content (AvgIpc) is 2.39. The second-order valence-corrected chi connectivity index (χ2v) is 5.84. The van der Waals surface area contributed by atoms with Gasteiger partial charge in [-0.2, -0.15) is 0 Å². The van der Waals surface area contributed by atoms with Crippen LogP contribution in [0.2, 0.25) is 5.02 Å². The van der Waals surface area contributed by atoms with Crippen LogP contribution in [0, 0.1) is 11.2 Å². The minimum absolute atomic E-state index is 0.00888. The number of carbonyl (C=O) groups is 2. The van der Waals surface area contributed by atoms with Crippen LogP contribution in [-0.4, -0.2) is 30.1 Å². The molecule has 7 heteroatoms. The van der Waals surface area contributed by atoms with Gasteiger partial charge in [-0.1, -0.05) is 25.4 Å². The van der Waals surface area contributed by atoms with Crippen molar-refractivity contribution in [1.29, 1.82) is 0 Å². The van der Waals surface area contributed by atoms with Gasteiger partial charge in [0.15, 0.2) is 0 Å². The number of aliphatic hydroxyl groups is 1. The van der Waals surface area contributed by atoms with Crippen LogP contribution < -0.4 is 10.6 Å². The monoisotopic (exact) mass is 316 g/mol. The lowest BCUT2D eigenvalue weighted by Gasteiger charge is -2.23. The van der Waals surface area contributed by atoms with Crippen molar-refractivity contribution in [3.63, 3.8) is 0 Å². The summed E-state index contributed by atoms with van der Waals surface area (Å²) in [7, 11) is 0. The van der Waals surface area contributed by atoms with E-state index >= 15 is 0 Å². The van der Waals surface area contributed by atoms with E-state index in [4.69, 9.17) is 16.7 Å². The largest absolute Gasteiger partial charge is 0.396 e. The molecule has 21 heavy (non-hydrogen) atoms. The van der Waals surface area contributed by atoms with Crippen molar-refractivity contribution in [1.82, 2.24) is 5.32 Å². The smallest absolute Gasteiger partial charge is 0.313 e. The maximum Gasteiger partial charge on any atom is 0.313 e. The quantitative estimate of drug-likeness (QED) is 0.726. The molecule has 1 aromatic carbocycles. The molecule has 3 N–H and O–H groups in total. The number of anilines is 1. The van der Waals surface area contributed by atoms with Crippen molar-refractivity contribution in [3.05, 3.63) is 29.0 Å². The molecule has 1 rings (SSSR count). The molecule has 0 fully saturated rings. The Hall–Kier alpha value is -1.66. The Morgan fingerprint density at radius 3 is 2.57 bits per heavy atom. The lowest BCUT2D eigenvalue weighted by atomic mass is 9.90. The second kappa shape index (κ2) is 7.38. The van der Waals surface area contributed by atoms with E-state index in [1.807, 2.05) is 13.8 Å². The molecule has 0 aliphatic carbocycles. The summed E-state index contributed by atoms with van der Waals surface area (Å²) in [6.45, 7) is 3.91. The van der Waals surface area contributed by atoms with Gasteiger partial charge in [0.1, 0.15) is 5.82 Å². The molecule has 0 saturated heterocycles. The zero-order valence-electron chi connectivity index (χ0n) is 11.9. The van der Waals surface area contributed by atoms with E-state index in [-0.39, 0.29) is 29.3 Å². The van der Waals surface area contributed by atoms with Crippen molar-refractivity contribution in [2.45, 2.75) is 20.3 Å². The highest BCUT2D eigenvalue weighted by atomic mass is 35.5. The maximum absolute atomic E-state index is 13.5. The van der Waals surface area contributed by atoms with E-state index in [9.17, 15) is 14.0 Å². The first-order chi connectivity index (χ1) is 9.75. The standard InChI is InChI=1S/C14H18ClFN2O3/c1-14(2,5-6-19)8-17-12(20)13(21)18-11-4-3-9(15)7-10(11)16/h3-4,7,19H,5-6,8H2,1-2H3,(H,17,20)(H,18,21). The molecule has 0 aliphatic rings. The predicted molar refractivity (Wildman–Crippen MR) is 78.5 cm³/mol. The third-order valence-corrected chi connectivity index (χ3v) is 3.14. The minimum Gasteiger partial charge on any atom is -0.396 e. The van der Waals surface area contributed by atoms with E-state index in [1.54, 1.807) is 0 Å². The summed E-state index contributed by atoms with van der Waals surface area (Å²) < 4.78 is 13.5. The van der Waals surface area contributed by atoms with E-state index in [0.29, 0.717) is 6.42 Å². The van der Waals surface area contributed by atoms with Crippen LogP contribution in [0.4, 0.5) is 10.1 Å². The first-order valence-corrected chi connectivity index (χ1v) is 6.78. The number of nitrogens with one attached hydrogen (secondary N) is 2. The summed E-state index contributed by atoms with van der Waals surface area (Å²) in [5.41, 5.74) is -0.454. The molecule has 0 spiro atoms. The van der Waals surface area contributed by atoms with Crippen molar-refractivity contribution in [2.75, 3.05) is 18.5 Å². The molecular weight excluding hydrogens is 299 g/mol. The Bertz CT molecular complexity index is 535. The summed E-state index contributed by atoms with van der Waals surface area (Å²) in [6.07, 6.45) is 0.487. The number of hydrogen-bond acceptors (Lipinski definition) is 3. The van der Waals surface area contributed by atoms with E-state index < -0.39 is 17.6 Å². The van der Waals surface area contributed by atoms with Gasteiger partial charge in [0.05, 0.1) is 5.69 Å². The molecule has 0 radical (unpaired) electrons. The van der Waals surface area contributed by atoms with Crippen LogP contribution >= 0.6 is 11.6 Å². The van der Waals surface area contributed by atoms with Gasteiger partial charge in [-0.15, -0.1) is 0 Å². The fourth-order valence-corrected chi connectivity index (χ4v) is 1.72. The first kappa shape index (κ1) is 17.4. The minimum atomic E-state index is -0.962. The number of carbonyl (C=O) groups excluding carboxylic acids is 2. The number of hydrogen-bond donors (Lipinski definition) is 3. The van der Waals surface area contributed by atoms with Crippen LogP contribution in [0.1, 0.15) is 20.3 Å². The van der Waals surface area contributed by atoms with Crippen molar-refractivity contribution < 1.29 is 19.1 Å². The van der Waals surface area contributed by atoms with Crippen LogP contribution in [0.25, 0.3) is 0 Å². The fraction of sp³-hybridized carbons (Fsp3) is 0.429. The second-order valence-electron chi connectivity index (χ2n) is 5.40. The molecule has 2 amide bonds. The molecule has 0 bridgehead atoms. The summed E-state index contributed by atoms with van der Waals surface area (Å²) in [5, 5.41) is 13.7. The maximum atomic E-state index is 13.5. The molecule has 5 nitrogen and oxygen atoms in total. The van der Waals surface area contributed by atoms with Gasteiger partial charge in [-0.25, -0.2) is 4.39 Å². The number of halogens is 2. The van der Waals surface area contributed by atoms with E-state index in [2.05, 4.69) is 10.6 Å². The number of benzene rings is 1. The lowest BCUT2D eigenvalue weighted by molar-refractivity contribution is -0.136. The molecule has 0 aliphatic heterocycles. The average molecular weight is 317 g/mol. The molecule has 1 aromatic rings. The Labute approximate surface area is 127 Å². The molecule has 116 valence electrons. The predicted octanol–water partition coefficient (Wildman–Crippen LogP) is 1.94. The Balaban J connectivity index is 2.57. The van der Waals surface area contributed by atoms with Crippen molar-refractivity contribution >= 4 is 29.1 Å². The molecule has 0 unspecified atom stereocenters. The highest BCUT2D eigenvalue weighted by Crippen LogP contribution is 2.19. The van der Waals surface area contributed by atoms with Gasteiger partial charge in [-0.05, 0) is 30.0 Å². The Morgan fingerprint density at radius 2 is 2.00 bits per heavy atom. The first-order valence-electron chi connectivity index (χ1n) is 6.40. The highest BCUT2D eigenvalue weighted by molar-refractivity contribution is 6.39. The number of aliphatic hydroxyl groups excluding tert-OH is 1. The molecule has 0 saturated carbocycles. The van der Waals surface area contributed by atoms with Gasteiger partial charge in [0.2, 0.25) is 0 Å². The molecule has 0 aromatic heterocycles. The van der Waals surface area contributed by atoms with Gasteiger partial charge in [0, 0.05) is 18.2 Å². The third kappa shape index (κ3) is 5.69. The Morgan fingerprint density at radius 1 is 1.33 bits per heavy atom. The topological polar surface area (TPSA) is 78.4 Å². The van der Waals surface area contributed by atoms with Gasteiger partial charge in [-0.3, -0.25) is 9.59 Å². The zero-order chi connectivity index (χ0) is 16.0. The zero-order valence-corrected chi connectivity index (χ0v) is 12.6. The Kier molecular flexibility index (Phi) is 6.11. The van der Waals surface area contributed by atoms with Gasteiger partial charge in [0.25, 0.3) is 0 Å². The molecule has 0 heterocycles. The van der Waals surface area contributed by atoms with Crippen molar-refractivity contribution in [2.24, 2.45) is 5.41 Å². The van der Waals surface area contributed by atoms with Gasteiger partial charge < -0.3 is 15.7 Å². The SMILES string of the molecule is CC(C)(CCO)CNC(=O)C(=O)Nc1ccc(Cl)cc1F. The number of amides is 2. The lowest BCUT2D eigenvalue weighted by Crippen LogP contribution is -2.40.